The number of nitrogens with zero attached hydrogens (tertiary/aromatic N) is 2. The van der Waals surface area contributed by atoms with E-state index in [0.29, 0.717) is 18.3 Å². The van der Waals surface area contributed by atoms with Crippen molar-refractivity contribution in [1.29, 1.82) is 0 Å². The highest BCUT2D eigenvalue weighted by atomic mass is 32.1. The second-order valence-corrected chi connectivity index (χ2v) is 8.24. The number of hydrogen-bond acceptors (Lipinski definition) is 5. The molecule has 1 aromatic carbocycles. The van der Waals surface area contributed by atoms with E-state index in [2.05, 4.69) is 53.3 Å². The summed E-state index contributed by atoms with van der Waals surface area (Å²) in [5.74, 6) is 0.188. The fourth-order valence-electron chi connectivity index (χ4n) is 3.74. The third kappa shape index (κ3) is 3.56. The fourth-order valence-corrected chi connectivity index (χ4v) is 4.57. The molecule has 1 amide bonds. The predicted octanol–water partition coefficient (Wildman–Crippen LogP) is 4.74. The Balaban J connectivity index is 1.49. The van der Waals surface area contributed by atoms with Gasteiger partial charge in [-0.15, -0.1) is 11.3 Å². The number of aryl methyl sites for hydroxylation is 1. The number of benzene rings is 1. The molecule has 0 radical (unpaired) electrons. The van der Waals surface area contributed by atoms with Crippen LogP contribution in [-0.2, 0) is 19.4 Å². The molecule has 0 saturated heterocycles. The zero-order valence-electron chi connectivity index (χ0n) is 16.4. The largest absolute Gasteiger partial charge is 0.459 e. The van der Waals surface area contributed by atoms with Crippen LogP contribution in [0.3, 0.4) is 0 Å². The maximum Gasteiger partial charge on any atom is 0.287 e. The van der Waals surface area contributed by atoms with Gasteiger partial charge in [-0.05, 0) is 44.4 Å². The van der Waals surface area contributed by atoms with Crippen LogP contribution in [0.2, 0.25) is 0 Å². The van der Waals surface area contributed by atoms with Gasteiger partial charge in [0.05, 0.1) is 23.0 Å². The van der Waals surface area contributed by atoms with Crippen LogP contribution in [0.5, 0.6) is 0 Å². The van der Waals surface area contributed by atoms with E-state index < -0.39 is 0 Å². The number of aromatic nitrogens is 1. The molecule has 28 heavy (non-hydrogen) atoms. The fraction of sp³-hybridized carbons (Fsp3) is 0.364. The molecule has 2 atom stereocenters. The molecule has 0 spiro atoms. The van der Waals surface area contributed by atoms with Gasteiger partial charge in [-0.25, -0.2) is 4.98 Å². The van der Waals surface area contributed by atoms with Gasteiger partial charge in [-0.1, -0.05) is 25.1 Å². The number of thiazole rings is 1. The Morgan fingerprint density at radius 3 is 3.00 bits per heavy atom. The molecule has 2 aromatic heterocycles. The lowest BCUT2D eigenvalue weighted by molar-refractivity contribution is 0.0909. The highest BCUT2D eigenvalue weighted by molar-refractivity contribution is 7.09. The summed E-state index contributed by atoms with van der Waals surface area (Å²) in [6.07, 6.45) is 3.53. The smallest absolute Gasteiger partial charge is 0.287 e. The van der Waals surface area contributed by atoms with Crippen molar-refractivity contribution in [1.82, 2.24) is 10.3 Å². The first kappa shape index (κ1) is 18.7. The number of nitrogens with one attached hydrogen (secondary N) is 1. The van der Waals surface area contributed by atoms with E-state index in [1.165, 1.54) is 11.3 Å². The van der Waals surface area contributed by atoms with Gasteiger partial charge in [0, 0.05) is 29.2 Å². The van der Waals surface area contributed by atoms with Gasteiger partial charge in [-0.3, -0.25) is 4.79 Å². The molecule has 0 fully saturated rings. The molecule has 2 unspecified atom stereocenters. The van der Waals surface area contributed by atoms with Gasteiger partial charge in [0.1, 0.15) is 0 Å². The Bertz CT molecular complexity index is 978. The summed E-state index contributed by atoms with van der Waals surface area (Å²) in [5, 5.41) is 6.11. The van der Waals surface area contributed by atoms with Crippen molar-refractivity contribution in [3.63, 3.8) is 0 Å². The lowest BCUT2D eigenvalue weighted by Gasteiger charge is -2.24. The first-order valence-electron chi connectivity index (χ1n) is 9.73. The quantitative estimate of drug-likeness (QED) is 0.655. The molecular formula is C22H25N3O2S. The van der Waals surface area contributed by atoms with E-state index in [0.717, 1.165) is 29.1 Å². The summed E-state index contributed by atoms with van der Waals surface area (Å²) in [6, 6.07) is 10.6. The molecule has 3 aromatic rings. The molecule has 4 rings (SSSR count). The number of carbonyl (C=O) groups is 1. The minimum absolute atomic E-state index is 0.159. The van der Waals surface area contributed by atoms with Crippen molar-refractivity contribution in [3.8, 4) is 0 Å². The maximum atomic E-state index is 12.8. The molecule has 0 bridgehead atoms. The SMILES string of the molecule is CCc1nc(C(C)NC(=O)c2occc2CN2c3ccccc3CC2C)cs1. The molecule has 0 aliphatic carbocycles. The Morgan fingerprint density at radius 1 is 1.39 bits per heavy atom. The zero-order chi connectivity index (χ0) is 19.7. The number of carbonyl (C=O) groups excluding carboxylic acids is 1. The Labute approximate surface area is 169 Å². The van der Waals surface area contributed by atoms with Crippen molar-refractivity contribution < 1.29 is 9.21 Å². The summed E-state index contributed by atoms with van der Waals surface area (Å²) >= 11 is 1.63. The summed E-state index contributed by atoms with van der Waals surface area (Å²) in [7, 11) is 0. The molecule has 0 saturated carbocycles. The average Bonchev–Trinajstić information content (AvgIpc) is 3.41. The van der Waals surface area contributed by atoms with Gasteiger partial charge >= 0.3 is 0 Å². The van der Waals surface area contributed by atoms with Crippen LogP contribution in [0.4, 0.5) is 5.69 Å². The number of fused-ring (bicyclic) bond motifs is 1. The van der Waals surface area contributed by atoms with E-state index in [-0.39, 0.29) is 11.9 Å². The highest BCUT2D eigenvalue weighted by Crippen LogP contribution is 2.33. The predicted molar refractivity (Wildman–Crippen MR) is 112 cm³/mol. The number of amides is 1. The molecule has 1 aliphatic rings. The summed E-state index contributed by atoms with van der Waals surface area (Å²) < 4.78 is 5.57. The third-order valence-corrected chi connectivity index (χ3v) is 6.32. The number of para-hydroxylation sites is 1. The minimum atomic E-state index is -0.196. The third-order valence-electron chi connectivity index (χ3n) is 5.31. The number of hydrogen-bond donors (Lipinski definition) is 1. The van der Waals surface area contributed by atoms with Crippen LogP contribution < -0.4 is 10.2 Å². The maximum absolute atomic E-state index is 12.8. The Morgan fingerprint density at radius 2 is 2.21 bits per heavy atom. The second kappa shape index (κ2) is 7.80. The molecule has 6 heteroatoms. The van der Waals surface area contributed by atoms with Crippen molar-refractivity contribution in [2.75, 3.05) is 4.90 Å². The van der Waals surface area contributed by atoms with Crippen molar-refractivity contribution in [2.45, 2.75) is 52.2 Å². The van der Waals surface area contributed by atoms with Crippen LogP contribution in [0.25, 0.3) is 0 Å². The summed E-state index contributed by atoms with van der Waals surface area (Å²) in [4.78, 5) is 19.7. The summed E-state index contributed by atoms with van der Waals surface area (Å²) in [6.45, 7) is 6.91. The van der Waals surface area contributed by atoms with Gasteiger partial charge in [0.15, 0.2) is 5.76 Å². The number of anilines is 1. The van der Waals surface area contributed by atoms with Gasteiger partial charge < -0.3 is 14.6 Å². The van der Waals surface area contributed by atoms with Crippen LogP contribution in [0, 0.1) is 0 Å². The average molecular weight is 396 g/mol. The zero-order valence-corrected chi connectivity index (χ0v) is 17.3. The topological polar surface area (TPSA) is 58.4 Å². The molecular weight excluding hydrogens is 370 g/mol. The molecule has 146 valence electrons. The standard InChI is InChI=1S/C22H25N3O2S/c1-4-20-24-18(13-28-20)15(3)23-22(26)21-17(9-10-27-21)12-25-14(2)11-16-7-5-6-8-19(16)25/h5-10,13-15H,4,11-12H2,1-3H3,(H,23,26). The second-order valence-electron chi connectivity index (χ2n) is 7.30. The first-order chi connectivity index (χ1) is 13.6. The van der Waals surface area contributed by atoms with Gasteiger partial charge in [-0.2, -0.15) is 0 Å². The monoisotopic (exact) mass is 395 g/mol. The van der Waals surface area contributed by atoms with E-state index in [1.807, 2.05) is 18.4 Å². The lowest BCUT2D eigenvalue weighted by atomic mass is 10.1. The molecule has 1 aliphatic heterocycles. The molecule has 3 heterocycles. The van der Waals surface area contributed by atoms with Gasteiger partial charge in [0.25, 0.3) is 5.91 Å². The highest BCUT2D eigenvalue weighted by Gasteiger charge is 2.28. The number of furan rings is 1. The normalized spacial score (nSPS) is 16.8. The molecule has 5 nitrogen and oxygen atoms in total. The Hall–Kier alpha value is -2.60. The van der Waals surface area contributed by atoms with Crippen molar-refractivity contribution >= 4 is 22.9 Å². The summed E-state index contributed by atoms with van der Waals surface area (Å²) in [5.41, 5.74) is 4.39. The van der Waals surface area contributed by atoms with Crippen molar-refractivity contribution in [3.05, 3.63) is 69.6 Å². The van der Waals surface area contributed by atoms with Crippen LogP contribution >= 0.6 is 11.3 Å². The van der Waals surface area contributed by atoms with E-state index in [9.17, 15) is 4.79 Å². The minimum Gasteiger partial charge on any atom is -0.459 e. The van der Waals surface area contributed by atoms with Crippen LogP contribution in [0.15, 0.2) is 46.4 Å². The van der Waals surface area contributed by atoms with E-state index in [1.54, 1.807) is 17.6 Å². The Kier molecular flexibility index (Phi) is 5.22. The van der Waals surface area contributed by atoms with Crippen molar-refractivity contribution in [2.24, 2.45) is 0 Å². The van der Waals surface area contributed by atoms with E-state index in [4.69, 9.17) is 4.42 Å². The molecule has 1 N–H and O–H groups in total. The van der Waals surface area contributed by atoms with Gasteiger partial charge in [0.2, 0.25) is 0 Å². The van der Waals surface area contributed by atoms with Crippen LogP contribution in [-0.4, -0.2) is 16.9 Å². The number of rotatable bonds is 6. The first-order valence-corrected chi connectivity index (χ1v) is 10.6. The van der Waals surface area contributed by atoms with Crippen LogP contribution in [0.1, 0.15) is 59.2 Å². The van der Waals surface area contributed by atoms with E-state index >= 15 is 0 Å². The lowest BCUT2D eigenvalue weighted by Crippen LogP contribution is -2.31.